The van der Waals surface area contributed by atoms with Gasteiger partial charge in [-0.05, 0) is 64.8 Å². The van der Waals surface area contributed by atoms with E-state index in [0.717, 1.165) is 0 Å². The average molecular weight is 641 g/mol. The molecule has 0 heterocycles. The molecule has 0 spiro atoms. The summed E-state index contributed by atoms with van der Waals surface area (Å²) in [5, 5.41) is 22.7. The van der Waals surface area contributed by atoms with Crippen molar-refractivity contribution in [3.8, 4) is 0 Å². The van der Waals surface area contributed by atoms with E-state index in [9.17, 15) is 33.9 Å². The Hall–Kier alpha value is -5.47. The summed E-state index contributed by atoms with van der Waals surface area (Å²) in [4.78, 5) is 74.0. The van der Waals surface area contributed by atoms with Crippen LogP contribution in [0.2, 0.25) is 0 Å². The molecule has 0 aliphatic heterocycles. The molecular weight excluding hydrogens is 600 g/mol. The second-order valence-corrected chi connectivity index (χ2v) is 11.9. The lowest BCUT2D eigenvalue weighted by Gasteiger charge is -2.26. The van der Waals surface area contributed by atoms with Gasteiger partial charge >= 0.3 is 24.1 Å². The first-order chi connectivity index (χ1) is 21.4. The standard InChI is InChI=1S/C31H40N6O9/c1-30(2,3)45-27(42)25(20-10-8-7-9-11-20)36-26(41)22(16-24(39)40)35-23(38)18-32-28(43)34-21-14-12-19(13-15-21)17-33-37-29(44)46-31(4,5)6/h7-15,17,22,25H,16,18H2,1-6H3,(H,35,38)(H,36,41)(H,37,44)(H,39,40)(H2,32,34,43)/t22-,25-/m0/s1. The lowest BCUT2D eigenvalue weighted by molar-refractivity contribution is -0.159. The number of carbonyl (C=O) groups excluding carboxylic acids is 5. The first-order valence-electron chi connectivity index (χ1n) is 14.2. The van der Waals surface area contributed by atoms with Crippen molar-refractivity contribution < 1.29 is 43.3 Å². The van der Waals surface area contributed by atoms with Crippen molar-refractivity contribution in [3.63, 3.8) is 0 Å². The highest BCUT2D eigenvalue weighted by atomic mass is 16.6. The second kappa shape index (κ2) is 16.6. The molecule has 0 aromatic heterocycles. The van der Waals surface area contributed by atoms with Crippen LogP contribution in [0.5, 0.6) is 0 Å². The summed E-state index contributed by atoms with van der Waals surface area (Å²) >= 11 is 0. The Kier molecular flexibility index (Phi) is 13.2. The van der Waals surface area contributed by atoms with E-state index in [2.05, 4.69) is 31.8 Å². The molecule has 2 atom stereocenters. The van der Waals surface area contributed by atoms with Gasteiger partial charge in [0.05, 0.1) is 19.2 Å². The molecule has 248 valence electrons. The molecule has 0 saturated heterocycles. The maximum Gasteiger partial charge on any atom is 0.428 e. The lowest BCUT2D eigenvalue weighted by Crippen LogP contribution is -2.52. The number of urea groups is 1. The number of carbonyl (C=O) groups is 6. The minimum atomic E-state index is -1.57. The number of carboxylic acids is 1. The Bertz CT molecular complexity index is 1410. The van der Waals surface area contributed by atoms with E-state index in [0.29, 0.717) is 16.8 Å². The Labute approximate surface area is 266 Å². The van der Waals surface area contributed by atoms with E-state index in [1.54, 1.807) is 96.1 Å². The van der Waals surface area contributed by atoms with Crippen LogP contribution in [0.25, 0.3) is 0 Å². The van der Waals surface area contributed by atoms with Crippen molar-refractivity contribution >= 4 is 47.8 Å². The molecule has 5 amide bonds. The van der Waals surface area contributed by atoms with Gasteiger partial charge in [0.2, 0.25) is 11.8 Å². The molecule has 2 rings (SSSR count). The Balaban J connectivity index is 1.95. The zero-order valence-electron chi connectivity index (χ0n) is 26.5. The summed E-state index contributed by atoms with van der Waals surface area (Å²) in [6.07, 6.45) is -0.130. The number of amides is 5. The number of anilines is 1. The molecular formula is C31H40N6O9. The van der Waals surface area contributed by atoms with Crippen LogP contribution in [0.1, 0.15) is 65.1 Å². The van der Waals surface area contributed by atoms with Crippen LogP contribution >= 0.6 is 0 Å². The van der Waals surface area contributed by atoms with Crippen LogP contribution < -0.4 is 26.7 Å². The predicted octanol–water partition coefficient (Wildman–Crippen LogP) is 2.83. The number of nitrogens with one attached hydrogen (secondary N) is 5. The quantitative estimate of drug-likeness (QED) is 0.114. The van der Waals surface area contributed by atoms with Gasteiger partial charge in [0.15, 0.2) is 6.04 Å². The summed E-state index contributed by atoms with van der Waals surface area (Å²) in [5.41, 5.74) is 2.06. The number of aliphatic carboxylic acids is 1. The Morgan fingerprint density at radius 1 is 0.848 bits per heavy atom. The number of benzene rings is 2. The minimum Gasteiger partial charge on any atom is -0.481 e. The normalized spacial score (nSPS) is 12.7. The molecule has 0 aliphatic carbocycles. The fourth-order valence-electron chi connectivity index (χ4n) is 3.61. The molecule has 2 aromatic carbocycles. The fraction of sp³-hybridized carbons (Fsp3) is 0.387. The number of hydrazone groups is 1. The number of ether oxygens (including phenoxy) is 2. The number of nitrogens with zero attached hydrogens (tertiary/aromatic N) is 1. The second-order valence-electron chi connectivity index (χ2n) is 11.9. The van der Waals surface area contributed by atoms with Crippen LogP contribution in [-0.4, -0.2) is 71.0 Å². The van der Waals surface area contributed by atoms with Gasteiger partial charge in [0.1, 0.15) is 17.2 Å². The molecule has 0 fully saturated rings. The molecule has 0 radical (unpaired) electrons. The third-order valence-electron chi connectivity index (χ3n) is 5.44. The molecule has 0 bridgehead atoms. The third kappa shape index (κ3) is 14.3. The smallest absolute Gasteiger partial charge is 0.428 e. The topological polar surface area (TPSA) is 214 Å². The van der Waals surface area contributed by atoms with Crippen LogP contribution in [0.15, 0.2) is 59.7 Å². The molecule has 15 nitrogen and oxygen atoms in total. The van der Waals surface area contributed by atoms with Gasteiger partial charge < -0.3 is 35.8 Å². The van der Waals surface area contributed by atoms with Gasteiger partial charge in [-0.25, -0.2) is 19.8 Å². The monoisotopic (exact) mass is 640 g/mol. The number of hydrogen-bond acceptors (Lipinski definition) is 9. The largest absolute Gasteiger partial charge is 0.481 e. The number of esters is 1. The predicted molar refractivity (Wildman–Crippen MR) is 168 cm³/mol. The lowest BCUT2D eigenvalue weighted by atomic mass is 10.1. The minimum absolute atomic E-state index is 0.368. The van der Waals surface area contributed by atoms with E-state index < -0.39 is 72.1 Å². The van der Waals surface area contributed by atoms with E-state index in [-0.39, 0.29) is 0 Å². The van der Waals surface area contributed by atoms with Crippen LogP contribution in [0.3, 0.4) is 0 Å². The highest BCUT2D eigenvalue weighted by molar-refractivity contribution is 5.96. The SMILES string of the molecule is CC(C)(C)OC(=O)NN=Cc1ccc(NC(=O)NCC(=O)N[C@@H](CC(=O)O)C(=O)N[C@H](C(=O)OC(C)(C)C)c2ccccc2)cc1. The number of rotatable bonds is 12. The molecule has 0 unspecified atom stereocenters. The van der Waals surface area contributed by atoms with Gasteiger partial charge in [-0.3, -0.25) is 14.4 Å². The van der Waals surface area contributed by atoms with Crippen molar-refractivity contribution in [2.75, 3.05) is 11.9 Å². The zero-order valence-corrected chi connectivity index (χ0v) is 26.5. The Morgan fingerprint density at radius 2 is 1.46 bits per heavy atom. The number of carboxylic acid groups (broad SMARTS) is 1. The zero-order chi connectivity index (χ0) is 34.5. The van der Waals surface area contributed by atoms with Gasteiger partial charge in [-0.1, -0.05) is 42.5 Å². The maximum absolute atomic E-state index is 13.1. The van der Waals surface area contributed by atoms with Crippen LogP contribution in [0, 0.1) is 0 Å². The molecule has 0 aliphatic rings. The molecule has 46 heavy (non-hydrogen) atoms. The van der Waals surface area contributed by atoms with Crippen molar-refractivity contribution in [1.29, 1.82) is 0 Å². The van der Waals surface area contributed by atoms with Crippen molar-refractivity contribution in [1.82, 2.24) is 21.4 Å². The fourth-order valence-corrected chi connectivity index (χ4v) is 3.61. The number of hydrogen-bond donors (Lipinski definition) is 6. The maximum atomic E-state index is 13.1. The van der Waals surface area contributed by atoms with Gasteiger partial charge in [0, 0.05) is 5.69 Å². The summed E-state index contributed by atoms with van der Waals surface area (Å²) in [6, 6.07) is 10.9. The van der Waals surface area contributed by atoms with Gasteiger partial charge in [-0.2, -0.15) is 5.10 Å². The molecule has 6 N–H and O–H groups in total. The first kappa shape index (κ1) is 36.7. The summed E-state index contributed by atoms with van der Waals surface area (Å²) in [6.45, 7) is 9.54. The van der Waals surface area contributed by atoms with E-state index >= 15 is 0 Å². The molecule has 15 heteroatoms. The van der Waals surface area contributed by atoms with E-state index in [4.69, 9.17) is 9.47 Å². The van der Waals surface area contributed by atoms with Crippen molar-refractivity contribution in [2.24, 2.45) is 5.10 Å². The molecule has 0 saturated carbocycles. The highest BCUT2D eigenvalue weighted by Crippen LogP contribution is 2.19. The van der Waals surface area contributed by atoms with E-state index in [1.807, 2.05) is 0 Å². The molecule has 2 aromatic rings. The summed E-state index contributed by atoms with van der Waals surface area (Å²) in [5.74, 6) is -3.95. The van der Waals surface area contributed by atoms with Crippen molar-refractivity contribution in [3.05, 3.63) is 65.7 Å². The highest BCUT2D eigenvalue weighted by Gasteiger charge is 2.32. The third-order valence-corrected chi connectivity index (χ3v) is 5.44. The van der Waals surface area contributed by atoms with Gasteiger partial charge in [-0.15, -0.1) is 0 Å². The average Bonchev–Trinajstić information content (AvgIpc) is 2.93. The summed E-state index contributed by atoms with van der Waals surface area (Å²) < 4.78 is 10.5. The van der Waals surface area contributed by atoms with Crippen LogP contribution in [0.4, 0.5) is 15.3 Å². The van der Waals surface area contributed by atoms with Gasteiger partial charge in [0.25, 0.3) is 0 Å². The van der Waals surface area contributed by atoms with Crippen LogP contribution in [-0.2, 0) is 28.7 Å². The summed E-state index contributed by atoms with van der Waals surface area (Å²) in [7, 11) is 0. The van der Waals surface area contributed by atoms with Crippen molar-refractivity contribution in [2.45, 2.75) is 71.2 Å². The van der Waals surface area contributed by atoms with E-state index in [1.165, 1.54) is 6.21 Å². The Morgan fingerprint density at radius 3 is 2.02 bits per heavy atom. The first-order valence-corrected chi connectivity index (χ1v) is 14.2.